The highest BCUT2D eigenvalue weighted by Gasteiger charge is 2.23. The Morgan fingerprint density at radius 1 is 1.41 bits per heavy atom. The number of aryl methyl sites for hydroxylation is 1. The summed E-state index contributed by atoms with van der Waals surface area (Å²) in [5.41, 5.74) is 0.801. The number of non-ortho nitro benzene ring substituents is 1. The van der Waals surface area contributed by atoms with Crippen LogP contribution in [0.5, 0.6) is 0 Å². The Labute approximate surface area is 129 Å². The van der Waals surface area contributed by atoms with Crippen molar-refractivity contribution in [3.8, 4) is 0 Å². The molecule has 1 atom stereocenters. The molecule has 1 saturated carbocycles. The van der Waals surface area contributed by atoms with Gasteiger partial charge in [0.05, 0.1) is 11.0 Å². The van der Waals surface area contributed by atoms with Crippen LogP contribution >= 0.6 is 0 Å². The van der Waals surface area contributed by atoms with E-state index in [1.165, 1.54) is 12.1 Å². The van der Waals surface area contributed by atoms with Gasteiger partial charge in [0.15, 0.2) is 0 Å². The number of nitrogens with zero attached hydrogens (tertiary/aromatic N) is 1. The molecule has 0 bridgehead atoms. The fraction of sp³-hybridized carbons (Fsp3) is 0.562. The summed E-state index contributed by atoms with van der Waals surface area (Å²) in [5, 5.41) is 23.4. The summed E-state index contributed by atoms with van der Waals surface area (Å²) in [7, 11) is 0. The van der Waals surface area contributed by atoms with E-state index in [2.05, 4.69) is 5.32 Å². The normalized spacial score (nSPS) is 16.4. The van der Waals surface area contributed by atoms with E-state index >= 15 is 0 Å². The van der Waals surface area contributed by atoms with Crippen LogP contribution in [0.3, 0.4) is 0 Å². The van der Waals surface area contributed by atoms with E-state index in [0.717, 1.165) is 31.2 Å². The number of hydrogen-bond donors (Lipinski definition) is 2. The largest absolute Gasteiger partial charge is 0.391 e. The zero-order valence-electron chi connectivity index (χ0n) is 12.5. The SMILES string of the molecule is O=C(CCc1cccc([N+](=O)[O-])c1)NCC(O)C1CCCC1. The maximum Gasteiger partial charge on any atom is 0.269 e. The number of aliphatic hydroxyl groups is 1. The third-order valence-corrected chi connectivity index (χ3v) is 4.21. The lowest BCUT2D eigenvalue weighted by Gasteiger charge is -2.18. The van der Waals surface area contributed by atoms with Gasteiger partial charge in [0, 0.05) is 25.1 Å². The molecule has 2 rings (SSSR count). The molecule has 1 aromatic carbocycles. The zero-order chi connectivity index (χ0) is 15.9. The van der Waals surface area contributed by atoms with E-state index in [-0.39, 0.29) is 18.0 Å². The molecule has 0 saturated heterocycles. The van der Waals surface area contributed by atoms with Gasteiger partial charge >= 0.3 is 0 Å². The van der Waals surface area contributed by atoms with Crippen molar-refractivity contribution in [1.29, 1.82) is 0 Å². The number of amides is 1. The highest BCUT2D eigenvalue weighted by atomic mass is 16.6. The lowest BCUT2D eigenvalue weighted by Crippen LogP contribution is -2.35. The minimum absolute atomic E-state index is 0.0366. The molecular weight excluding hydrogens is 284 g/mol. The van der Waals surface area contributed by atoms with Gasteiger partial charge < -0.3 is 10.4 Å². The van der Waals surface area contributed by atoms with Gasteiger partial charge in [0.1, 0.15) is 0 Å². The van der Waals surface area contributed by atoms with Crippen LogP contribution in [0.4, 0.5) is 5.69 Å². The Hall–Kier alpha value is -1.95. The second kappa shape index (κ2) is 7.89. The monoisotopic (exact) mass is 306 g/mol. The summed E-state index contributed by atoms with van der Waals surface area (Å²) in [6.45, 7) is 0.290. The first-order valence-electron chi connectivity index (χ1n) is 7.74. The summed E-state index contributed by atoms with van der Waals surface area (Å²) >= 11 is 0. The fourth-order valence-corrected chi connectivity index (χ4v) is 2.90. The molecule has 1 aromatic rings. The van der Waals surface area contributed by atoms with E-state index in [1.807, 2.05) is 0 Å². The maximum atomic E-state index is 11.8. The predicted molar refractivity (Wildman–Crippen MR) is 82.4 cm³/mol. The molecule has 6 heteroatoms. The number of carbonyl (C=O) groups is 1. The molecule has 0 heterocycles. The minimum atomic E-state index is -0.468. The van der Waals surface area contributed by atoms with Crippen molar-refractivity contribution < 1.29 is 14.8 Å². The molecule has 1 aliphatic carbocycles. The van der Waals surface area contributed by atoms with Gasteiger partial charge in [-0.1, -0.05) is 25.0 Å². The second-order valence-electron chi connectivity index (χ2n) is 5.84. The van der Waals surface area contributed by atoms with Crippen molar-refractivity contribution in [2.75, 3.05) is 6.54 Å². The van der Waals surface area contributed by atoms with Crippen LogP contribution in [0.25, 0.3) is 0 Å². The summed E-state index contributed by atoms with van der Waals surface area (Å²) in [6.07, 6.45) is 4.62. The number of rotatable bonds is 7. The standard InChI is InChI=1S/C16H22N2O4/c19-15(13-5-1-2-6-13)11-17-16(20)9-8-12-4-3-7-14(10-12)18(21)22/h3-4,7,10,13,15,19H,1-2,5-6,8-9,11H2,(H,17,20). The number of benzene rings is 1. The van der Waals surface area contributed by atoms with Crippen LogP contribution in [0.15, 0.2) is 24.3 Å². The smallest absolute Gasteiger partial charge is 0.269 e. The molecule has 0 aromatic heterocycles. The number of carbonyl (C=O) groups excluding carboxylic acids is 1. The summed E-state index contributed by atoms with van der Waals surface area (Å²) < 4.78 is 0. The Kier molecular flexibility index (Phi) is 5.89. The van der Waals surface area contributed by atoms with Gasteiger partial charge in [-0.2, -0.15) is 0 Å². The molecule has 22 heavy (non-hydrogen) atoms. The number of nitro groups is 1. The zero-order valence-corrected chi connectivity index (χ0v) is 12.5. The molecule has 1 aliphatic rings. The van der Waals surface area contributed by atoms with Gasteiger partial charge in [-0.25, -0.2) is 0 Å². The number of aliphatic hydroxyl groups excluding tert-OH is 1. The summed E-state index contributed by atoms with van der Waals surface area (Å²) in [4.78, 5) is 22.0. The van der Waals surface area contributed by atoms with Crippen molar-refractivity contribution in [3.05, 3.63) is 39.9 Å². The third-order valence-electron chi connectivity index (χ3n) is 4.21. The van der Waals surface area contributed by atoms with Gasteiger partial charge in [-0.05, 0) is 30.7 Å². The minimum Gasteiger partial charge on any atom is -0.391 e. The Morgan fingerprint density at radius 2 is 2.14 bits per heavy atom. The number of nitrogens with one attached hydrogen (secondary N) is 1. The Morgan fingerprint density at radius 3 is 2.82 bits per heavy atom. The average Bonchev–Trinajstić information content (AvgIpc) is 3.05. The lowest BCUT2D eigenvalue weighted by molar-refractivity contribution is -0.384. The number of nitro benzene ring substituents is 1. The molecular formula is C16H22N2O4. The van der Waals surface area contributed by atoms with Crippen LogP contribution in [-0.4, -0.2) is 28.6 Å². The van der Waals surface area contributed by atoms with Crippen LogP contribution in [-0.2, 0) is 11.2 Å². The summed E-state index contributed by atoms with van der Waals surface area (Å²) in [5.74, 6) is 0.167. The van der Waals surface area contributed by atoms with E-state index in [0.29, 0.717) is 18.9 Å². The fourth-order valence-electron chi connectivity index (χ4n) is 2.90. The maximum absolute atomic E-state index is 11.8. The topological polar surface area (TPSA) is 92.5 Å². The molecule has 0 radical (unpaired) electrons. The first-order valence-corrected chi connectivity index (χ1v) is 7.74. The Balaban J connectivity index is 1.73. The lowest BCUT2D eigenvalue weighted by atomic mass is 10.0. The number of hydrogen-bond acceptors (Lipinski definition) is 4. The first-order chi connectivity index (χ1) is 10.6. The summed E-state index contributed by atoms with van der Waals surface area (Å²) in [6, 6.07) is 6.31. The third kappa shape index (κ3) is 4.80. The van der Waals surface area contributed by atoms with Crippen LogP contribution in [0, 0.1) is 16.0 Å². The van der Waals surface area contributed by atoms with Crippen molar-refractivity contribution in [2.24, 2.45) is 5.92 Å². The van der Waals surface area contributed by atoms with Gasteiger partial charge in [-0.3, -0.25) is 14.9 Å². The van der Waals surface area contributed by atoms with E-state index in [1.54, 1.807) is 12.1 Å². The van der Waals surface area contributed by atoms with Crippen LogP contribution in [0.2, 0.25) is 0 Å². The molecule has 120 valence electrons. The molecule has 0 spiro atoms. The van der Waals surface area contributed by atoms with Gasteiger partial charge in [0.25, 0.3) is 5.69 Å². The van der Waals surface area contributed by atoms with Crippen molar-refractivity contribution in [1.82, 2.24) is 5.32 Å². The second-order valence-corrected chi connectivity index (χ2v) is 5.84. The average molecular weight is 306 g/mol. The van der Waals surface area contributed by atoms with Crippen molar-refractivity contribution in [3.63, 3.8) is 0 Å². The molecule has 0 aliphatic heterocycles. The Bertz CT molecular complexity index is 527. The van der Waals surface area contributed by atoms with Crippen molar-refractivity contribution in [2.45, 2.75) is 44.6 Å². The van der Waals surface area contributed by atoms with Crippen LogP contribution < -0.4 is 5.32 Å². The quantitative estimate of drug-likeness (QED) is 0.596. The highest BCUT2D eigenvalue weighted by molar-refractivity contribution is 5.76. The molecule has 6 nitrogen and oxygen atoms in total. The van der Waals surface area contributed by atoms with Gasteiger partial charge in [-0.15, -0.1) is 0 Å². The molecule has 2 N–H and O–H groups in total. The van der Waals surface area contributed by atoms with E-state index < -0.39 is 11.0 Å². The van der Waals surface area contributed by atoms with E-state index in [4.69, 9.17) is 0 Å². The van der Waals surface area contributed by atoms with E-state index in [9.17, 15) is 20.0 Å². The van der Waals surface area contributed by atoms with Gasteiger partial charge in [0.2, 0.25) is 5.91 Å². The van der Waals surface area contributed by atoms with Crippen LogP contribution in [0.1, 0.15) is 37.7 Å². The highest BCUT2D eigenvalue weighted by Crippen LogP contribution is 2.27. The molecule has 1 unspecified atom stereocenters. The molecule has 1 amide bonds. The molecule has 1 fully saturated rings. The van der Waals surface area contributed by atoms with Crippen molar-refractivity contribution >= 4 is 11.6 Å². The predicted octanol–water partition coefficient (Wildman–Crippen LogP) is 2.19. The first kappa shape index (κ1) is 16.4.